The third kappa shape index (κ3) is 14.6. The molecule has 0 amide bonds. The standard InChI is InChI=1S/C28H43NO11/c1-8-9-19(6)37-28(34)38-20(7)14-29-22(25(30)31)12-21-10-11-23(39-26(32)35-15-17(2)3)24(13-21)40-27(33)36-16-18(4)5/h10-11,13,17-20,22,29H,8-9,12,14-16H2,1-7H3,(H,30,31)/t19?,20?,22-/m0/s1. The van der Waals surface area contributed by atoms with Crippen LogP contribution in [-0.2, 0) is 30.2 Å². The number of ether oxygens (including phenoxy) is 6. The number of nitrogens with one attached hydrogen (secondary N) is 1. The second-order valence-electron chi connectivity index (χ2n) is 10.3. The lowest BCUT2D eigenvalue weighted by Gasteiger charge is -2.20. The van der Waals surface area contributed by atoms with Crippen LogP contribution in [0.3, 0.4) is 0 Å². The molecule has 0 aromatic heterocycles. The molecular weight excluding hydrogens is 526 g/mol. The van der Waals surface area contributed by atoms with Crippen LogP contribution in [0.4, 0.5) is 14.4 Å². The number of rotatable bonds is 16. The first-order valence-electron chi connectivity index (χ1n) is 13.5. The van der Waals surface area contributed by atoms with Crippen molar-refractivity contribution in [2.75, 3.05) is 19.8 Å². The highest BCUT2D eigenvalue weighted by atomic mass is 16.7. The minimum absolute atomic E-state index is 0.0322. The second kappa shape index (κ2) is 17.9. The Labute approximate surface area is 235 Å². The number of carbonyl (C=O) groups excluding carboxylic acids is 3. The van der Waals surface area contributed by atoms with E-state index in [1.807, 2.05) is 34.6 Å². The normalized spacial score (nSPS) is 13.2. The molecule has 12 nitrogen and oxygen atoms in total. The fourth-order valence-electron chi connectivity index (χ4n) is 3.21. The number of carbonyl (C=O) groups is 4. The highest BCUT2D eigenvalue weighted by Crippen LogP contribution is 2.30. The van der Waals surface area contributed by atoms with E-state index in [-0.39, 0.29) is 55.6 Å². The smallest absolute Gasteiger partial charge is 0.480 e. The molecular formula is C28H43NO11. The minimum Gasteiger partial charge on any atom is -0.480 e. The van der Waals surface area contributed by atoms with Gasteiger partial charge in [0.15, 0.2) is 11.5 Å². The molecule has 40 heavy (non-hydrogen) atoms. The molecule has 3 atom stereocenters. The first kappa shape index (κ1) is 34.5. The maximum absolute atomic E-state index is 12.2. The fourth-order valence-corrected chi connectivity index (χ4v) is 3.21. The van der Waals surface area contributed by atoms with Crippen molar-refractivity contribution in [2.24, 2.45) is 11.8 Å². The average molecular weight is 570 g/mol. The van der Waals surface area contributed by atoms with Gasteiger partial charge in [-0.05, 0) is 56.2 Å². The Hall–Kier alpha value is -3.54. The van der Waals surface area contributed by atoms with Gasteiger partial charge in [-0.25, -0.2) is 14.4 Å². The number of aliphatic carboxylic acids is 1. The molecule has 226 valence electrons. The molecule has 2 unspecified atom stereocenters. The van der Waals surface area contributed by atoms with Crippen LogP contribution in [0, 0.1) is 11.8 Å². The highest BCUT2D eigenvalue weighted by Gasteiger charge is 2.23. The van der Waals surface area contributed by atoms with Crippen molar-refractivity contribution in [3.05, 3.63) is 23.8 Å². The van der Waals surface area contributed by atoms with E-state index in [1.54, 1.807) is 13.8 Å². The summed E-state index contributed by atoms with van der Waals surface area (Å²) < 4.78 is 30.9. The largest absolute Gasteiger partial charge is 0.513 e. The van der Waals surface area contributed by atoms with Crippen molar-refractivity contribution in [2.45, 2.75) is 86.0 Å². The maximum Gasteiger partial charge on any atom is 0.513 e. The summed E-state index contributed by atoms with van der Waals surface area (Å²) in [5, 5.41) is 12.6. The lowest BCUT2D eigenvalue weighted by molar-refractivity contribution is -0.139. The number of hydrogen-bond acceptors (Lipinski definition) is 11. The van der Waals surface area contributed by atoms with E-state index in [2.05, 4.69) is 5.32 Å². The van der Waals surface area contributed by atoms with Crippen molar-refractivity contribution < 1.29 is 52.7 Å². The molecule has 0 aliphatic heterocycles. The van der Waals surface area contributed by atoms with Gasteiger partial charge >= 0.3 is 24.4 Å². The first-order chi connectivity index (χ1) is 18.8. The third-order valence-corrected chi connectivity index (χ3v) is 5.14. The molecule has 12 heteroatoms. The van der Waals surface area contributed by atoms with Gasteiger partial charge in [0.05, 0.1) is 13.2 Å². The summed E-state index contributed by atoms with van der Waals surface area (Å²) in [6.45, 7) is 13.1. The minimum atomic E-state index is -1.15. The summed E-state index contributed by atoms with van der Waals surface area (Å²) in [6, 6.07) is 3.20. The summed E-state index contributed by atoms with van der Waals surface area (Å²) in [7, 11) is 0. The van der Waals surface area contributed by atoms with Crippen molar-refractivity contribution in [1.82, 2.24) is 5.32 Å². The van der Waals surface area contributed by atoms with Crippen LogP contribution in [0.1, 0.15) is 66.9 Å². The highest BCUT2D eigenvalue weighted by molar-refractivity contribution is 5.74. The van der Waals surface area contributed by atoms with E-state index in [0.29, 0.717) is 12.0 Å². The second-order valence-corrected chi connectivity index (χ2v) is 10.3. The molecule has 0 radical (unpaired) electrons. The first-order valence-corrected chi connectivity index (χ1v) is 13.5. The lowest BCUT2D eigenvalue weighted by atomic mass is 10.0. The molecule has 1 aromatic rings. The van der Waals surface area contributed by atoms with Crippen molar-refractivity contribution in [1.29, 1.82) is 0 Å². The van der Waals surface area contributed by atoms with Crippen LogP contribution >= 0.6 is 0 Å². The number of hydrogen-bond donors (Lipinski definition) is 2. The van der Waals surface area contributed by atoms with Crippen LogP contribution in [0.5, 0.6) is 11.5 Å². The van der Waals surface area contributed by atoms with E-state index >= 15 is 0 Å². The van der Waals surface area contributed by atoms with Gasteiger partial charge in [-0.15, -0.1) is 0 Å². The Morgan fingerprint density at radius 3 is 1.88 bits per heavy atom. The zero-order valence-electron chi connectivity index (χ0n) is 24.4. The Bertz CT molecular complexity index is 964. The third-order valence-electron chi connectivity index (χ3n) is 5.14. The molecule has 0 saturated carbocycles. The Morgan fingerprint density at radius 1 is 0.800 bits per heavy atom. The zero-order chi connectivity index (χ0) is 30.2. The van der Waals surface area contributed by atoms with Gasteiger partial charge < -0.3 is 38.8 Å². The van der Waals surface area contributed by atoms with Crippen LogP contribution in [-0.4, -0.2) is 67.6 Å². The van der Waals surface area contributed by atoms with E-state index in [9.17, 15) is 24.3 Å². The molecule has 0 heterocycles. The van der Waals surface area contributed by atoms with Crippen LogP contribution in [0.25, 0.3) is 0 Å². The molecule has 0 bridgehead atoms. The monoisotopic (exact) mass is 569 g/mol. The van der Waals surface area contributed by atoms with Gasteiger partial charge in [-0.3, -0.25) is 4.79 Å². The van der Waals surface area contributed by atoms with E-state index in [4.69, 9.17) is 28.4 Å². The zero-order valence-corrected chi connectivity index (χ0v) is 24.4. The molecule has 2 N–H and O–H groups in total. The predicted molar refractivity (Wildman–Crippen MR) is 145 cm³/mol. The average Bonchev–Trinajstić information content (AvgIpc) is 2.85. The van der Waals surface area contributed by atoms with Gasteiger partial charge in [0.1, 0.15) is 18.2 Å². The van der Waals surface area contributed by atoms with Crippen molar-refractivity contribution >= 4 is 24.4 Å². The number of carboxylic acids is 1. The van der Waals surface area contributed by atoms with Gasteiger partial charge in [-0.2, -0.15) is 0 Å². The van der Waals surface area contributed by atoms with Gasteiger partial charge in [0.2, 0.25) is 0 Å². The number of carboxylic acid groups (broad SMARTS) is 1. The molecule has 0 aliphatic rings. The molecule has 0 saturated heterocycles. The number of benzene rings is 1. The summed E-state index contributed by atoms with van der Waals surface area (Å²) in [4.78, 5) is 48.1. The van der Waals surface area contributed by atoms with Crippen LogP contribution in [0.15, 0.2) is 18.2 Å². The summed E-state index contributed by atoms with van der Waals surface area (Å²) in [5.74, 6) is -1.24. The predicted octanol–water partition coefficient (Wildman–Crippen LogP) is 5.35. The summed E-state index contributed by atoms with van der Waals surface area (Å²) in [6.07, 6.45) is -2.24. The maximum atomic E-state index is 12.2. The Morgan fingerprint density at radius 2 is 1.35 bits per heavy atom. The Kier molecular flexibility index (Phi) is 15.5. The van der Waals surface area contributed by atoms with E-state index in [1.165, 1.54) is 18.2 Å². The summed E-state index contributed by atoms with van der Waals surface area (Å²) in [5.41, 5.74) is 0.454. The van der Waals surface area contributed by atoms with Gasteiger partial charge in [-0.1, -0.05) is 47.1 Å². The van der Waals surface area contributed by atoms with E-state index in [0.717, 1.165) is 6.42 Å². The summed E-state index contributed by atoms with van der Waals surface area (Å²) >= 11 is 0. The van der Waals surface area contributed by atoms with Crippen molar-refractivity contribution in [3.8, 4) is 11.5 Å². The lowest BCUT2D eigenvalue weighted by Crippen LogP contribution is -2.42. The van der Waals surface area contributed by atoms with E-state index < -0.39 is 36.6 Å². The molecule has 0 fully saturated rings. The van der Waals surface area contributed by atoms with Gasteiger partial charge in [0.25, 0.3) is 0 Å². The Balaban J connectivity index is 2.94. The quantitative estimate of drug-likeness (QED) is 0.150. The fraction of sp³-hybridized carbons (Fsp3) is 0.643. The molecule has 0 spiro atoms. The molecule has 1 rings (SSSR count). The van der Waals surface area contributed by atoms with Gasteiger partial charge in [0, 0.05) is 6.54 Å². The van der Waals surface area contributed by atoms with Crippen molar-refractivity contribution in [3.63, 3.8) is 0 Å². The SMILES string of the molecule is CCCC(C)OC(=O)OC(C)CN[C@@H](Cc1ccc(OC(=O)OCC(C)C)c(OC(=O)OCC(C)C)c1)C(=O)O. The van der Waals surface area contributed by atoms with Crippen LogP contribution in [0.2, 0.25) is 0 Å². The molecule has 1 aromatic carbocycles. The molecule has 0 aliphatic carbocycles. The topological polar surface area (TPSA) is 156 Å². The van der Waals surface area contributed by atoms with Crippen LogP contribution < -0.4 is 14.8 Å².